The van der Waals surface area contributed by atoms with E-state index in [-0.39, 0.29) is 17.4 Å². The third-order valence-electron chi connectivity index (χ3n) is 5.51. The van der Waals surface area contributed by atoms with E-state index >= 15 is 0 Å². The molecule has 2 heterocycles. The molecule has 0 aromatic heterocycles. The van der Waals surface area contributed by atoms with Crippen molar-refractivity contribution in [1.82, 2.24) is 4.90 Å². The van der Waals surface area contributed by atoms with Crippen LogP contribution in [0, 0.1) is 0 Å². The Hall–Kier alpha value is -2.83. The number of Topliss-reactive ketones (excluding diaryl/α,β-unsaturated/α-hetero) is 1. The maximum atomic E-state index is 13.0. The topological polar surface area (TPSA) is 76.1 Å². The summed E-state index contributed by atoms with van der Waals surface area (Å²) < 4.78 is 10.9. The number of carbonyl (C=O) groups excluding carboxylic acids is 2. The largest absolute Gasteiger partial charge is 0.507 e. The number of benzene rings is 2. The molecule has 2 aliphatic heterocycles. The molecule has 6 nitrogen and oxygen atoms in total. The van der Waals surface area contributed by atoms with Crippen molar-refractivity contribution in [2.45, 2.75) is 25.0 Å². The number of ether oxygens (including phenoxy) is 2. The molecule has 156 valence electrons. The number of hydrogen-bond acceptors (Lipinski definition) is 5. The lowest BCUT2D eigenvalue weighted by atomic mass is 9.95. The molecule has 2 atom stereocenters. The molecule has 0 aliphatic carbocycles. The van der Waals surface area contributed by atoms with Gasteiger partial charge in [0.2, 0.25) is 0 Å². The first-order chi connectivity index (χ1) is 14.5. The number of rotatable bonds is 5. The van der Waals surface area contributed by atoms with E-state index in [1.807, 2.05) is 0 Å². The Morgan fingerprint density at radius 3 is 2.47 bits per heavy atom. The summed E-state index contributed by atoms with van der Waals surface area (Å²) in [6.07, 6.45) is 1.63. The Balaban J connectivity index is 1.80. The van der Waals surface area contributed by atoms with Gasteiger partial charge in [-0.3, -0.25) is 9.59 Å². The van der Waals surface area contributed by atoms with Crippen molar-refractivity contribution in [1.29, 1.82) is 0 Å². The van der Waals surface area contributed by atoms with E-state index in [0.29, 0.717) is 35.1 Å². The predicted octanol–water partition coefficient (Wildman–Crippen LogP) is 3.95. The number of likely N-dealkylation sites (tertiary alicyclic amines) is 1. The van der Waals surface area contributed by atoms with Crippen LogP contribution >= 0.6 is 11.6 Å². The van der Waals surface area contributed by atoms with Crippen LogP contribution in [0.25, 0.3) is 5.76 Å². The Kier molecular flexibility index (Phi) is 5.79. The number of amides is 1. The maximum Gasteiger partial charge on any atom is 0.295 e. The van der Waals surface area contributed by atoms with Gasteiger partial charge in [0.15, 0.2) is 0 Å². The lowest BCUT2D eigenvalue weighted by Gasteiger charge is -2.27. The summed E-state index contributed by atoms with van der Waals surface area (Å²) in [5, 5.41) is 11.5. The number of nitrogens with zero attached hydrogens (tertiary/aromatic N) is 1. The molecule has 2 aromatic carbocycles. The normalized spacial score (nSPS) is 23.2. The Morgan fingerprint density at radius 2 is 1.87 bits per heavy atom. The second-order valence-corrected chi connectivity index (χ2v) is 7.80. The van der Waals surface area contributed by atoms with Crippen LogP contribution in [0.3, 0.4) is 0 Å². The highest BCUT2D eigenvalue weighted by molar-refractivity contribution is 6.46. The minimum atomic E-state index is -0.712. The number of methoxy groups -OCH3 is 1. The molecule has 2 aliphatic rings. The quantitative estimate of drug-likeness (QED) is 0.444. The van der Waals surface area contributed by atoms with Gasteiger partial charge in [-0.05, 0) is 54.8 Å². The number of aliphatic hydroxyl groups excluding tert-OH is 1. The molecule has 2 fully saturated rings. The molecule has 4 rings (SSSR count). The maximum absolute atomic E-state index is 13.0. The second kappa shape index (κ2) is 8.50. The Morgan fingerprint density at radius 1 is 1.17 bits per heavy atom. The molecule has 0 bridgehead atoms. The van der Waals surface area contributed by atoms with Crippen LogP contribution in [-0.2, 0) is 14.3 Å². The van der Waals surface area contributed by atoms with Gasteiger partial charge in [0.25, 0.3) is 11.7 Å². The van der Waals surface area contributed by atoms with Crippen molar-refractivity contribution in [3.05, 3.63) is 70.3 Å². The van der Waals surface area contributed by atoms with Crippen molar-refractivity contribution in [3.8, 4) is 5.75 Å². The fourth-order valence-electron chi connectivity index (χ4n) is 3.97. The third kappa shape index (κ3) is 3.80. The number of aliphatic hydroxyl groups is 1. The standard InChI is InChI=1S/C23H22ClNO5/c1-29-17-10-6-14(7-11-17)20-19(21(26)15-4-8-16(24)9-5-15)22(27)23(28)25(20)13-18-3-2-12-30-18/h4-11,18,20,26H,2-3,12-13H2,1H3/t18-,20+/m0/s1. The van der Waals surface area contributed by atoms with Gasteiger partial charge in [-0.1, -0.05) is 23.7 Å². The van der Waals surface area contributed by atoms with Gasteiger partial charge in [0.05, 0.1) is 24.8 Å². The molecule has 1 N–H and O–H groups in total. The van der Waals surface area contributed by atoms with Crippen LogP contribution < -0.4 is 4.74 Å². The number of halogens is 1. The molecule has 1 amide bonds. The zero-order valence-electron chi connectivity index (χ0n) is 16.5. The SMILES string of the molecule is COc1ccc([C@@H]2C(=C(O)c3ccc(Cl)cc3)C(=O)C(=O)N2C[C@@H]2CCCO2)cc1. The van der Waals surface area contributed by atoms with Crippen LogP contribution in [0.4, 0.5) is 0 Å². The smallest absolute Gasteiger partial charge is 0.295 e. The summed E-state index contributed by atoms with van der Waals surface area (Å²) in [4.78, 5) is 27.4. The number of hydrogen-bond donors (Lipinski definition) is 1. The fraction of sp³-hybridized carbons (Fsp3) is 0.304. The van der Waals surface area contributed by atoms with Crippen LogP contribution in [-0.4, -0.2) is 48.1 Å². The van der Waals surface area contributed by atoms with Gasteiger partial charge in [-0.2, -0.15) is 0 Å². The summed E-state index contributed by atoms with van der Waals surface area (Å²) in [5.74, 6) is -0.906. The number of ketones is 1. The zero-order chi connectivity index (χ0) is 21.3. The van der Waals surface area contributed by atoms with E-state index in [1.54, 1.807) is 55.6 Å². The molecular formula is C23H22ClNO5. The first kappa shape index (κ1) is 20.4. The molecule has 0 spiro atoms. The molecule has 2 saturated heterocycles. The monoisotopic (exact) mass is 427 g/mol. The highest BCUT2D eigenvalue weighted by Gasteiger charge is 2.47. The van der Waals surface area contributed by atoms with Gasteiger partial charge >= 0.3 is 0 Å². The molecular weight excluding hydrogens is 406 g/mol. The molecule has 0 unspecified atom stereocenters. The first-order valence-electron chi connectivity index (χ1n) is 9.79. The van der Waals surface area contributed by atoms with Gasteiger partial charge in [-0.15, -0.1) is 0 Å². The Labute approximate surface area is 179 Å². The number of carbonyl (C=O) groups is 2. The second-order valence-electron chi connectivity index (χ2n) is 7.37. The van der Waals surface area contributed by atoms with Gasteiger partial charge < -0.3 is 19.5 Å². The first-order valence-corrected chi connectivity index (χ1v) is 10.2. The minimum Gasteiger partial charge on any atom is -0.507 e. The van der Waals surface area contributed by atoms with E-state index in [0.717, 1.165) is 12.8 Å². The highest BCUT2D eigenvalue weighted by Crippen LogP contribution is 2.40. The Bertz CT molecular complexity index is 978. The van der Waals surface area contributed by atoms with E-state index in [1.165, 1.54) is 4.90 Å². The van der Waals surface area contributed by atoms with E-state index in [2.05, 4.69) is 0 Å². The fourth-order valence-corrected chi connectivity index (χ4v) is 4.10. The van der Waals surface area contributed by atoms with Crippen LogP contribution in [0.15, 0.2) is 54.1 Å². The van der Waals surface area contributed by atoms with Crippen molar-refractivity contribution in [2.75, 3.05) is 20.3 Å². The van der Waals surface area contributed by atoms with Crippen LogP contribution in [0.1, 0.15) is 30.0 Å². The van der Waals surface area contributed by atoms with Crippen molar-refractivity contribution >= 4 is 29.1 Å². The van der Waals surface area contributed by atoms with E-state index in [9.17, 15) is 14.7 Å². The minimum absolute atomic E-state index is 0.0606. The van der Waals surface area contributed by atoms with Crippen molar-refractivity contribution in [2.24, 2.45) is 0 Å². The summed E-state index contributed by atoms with van der Waals surface area (Å²) >= 11 is 5.95. The van der Waals surface area contributed by atoms with Gasteiger partial charge in [0, 0.05) is 23.7 Å². The summed E-state index contributed by atoms with van der Waals surface area (Å²) in [6, 6.07) is 12.9. The molecule has 0 saturated carbocycles. The molecule has 30 heavy (non-hydrogen) atoms. The van der Waals surface area contributed by atoms with Crippen LogP contribution in [0.2, 0.25) is 5.02 Å². The van der Waals surface area contributed by atoms with E-state index < -0.39 is 17.7 Å². The van der Waals surface area contributed by atoms with Crippen LogP contribution in [0.5, 0.6) is 5.75 Å². The average molecular weight is 428 g/mol. The van der Waals surface area contributed by atoms with Crippen molar-refractivity contribution < 1.29 is 24.2 Å². The summed E-state index contributed by atoms with van der Waals surface area (Å²) in [6.45, 7) is 0.936. The molecule has 0 radical (unpaired) electrons. The molecule has 2 aromatic rings. The van der Waals surface area contributed by atoms with Gasteiger partial charge in [0.1, 0.15) is 11.5 Å². The average Bonchev–Trinajstić information content (AvgIpc) is 3.36. The summed E-state index contributed by atoms with van der Waals surface area (Å²) in [5.41, 5.74) is 1.20. The predicted molar refractivity (Wildman–Crippen MR) is 112 cm³/mol. The highest BCUT2D eigenvalue weighted by atomic mass is 35.5. The third-order valence-corrected chi connectivity index (χ3v) is 5.77. The van der Waals surface area contributed by atoms with E-state index in [4.69, 9.17) is 21.1 Å². The lowest BCUT2D eigenvalue weighted by Crippen LogP contribution is -2.36. The zero-order valence-corrected chi connectivity index (χ0v) is 17.3. The lowest BCUT2D eigenvalue weighted by molar-refractivity contribution is -0.140. The summed E-state index contributed by atoms with van der Waals surface area (Å²) in [7, 11) is 1.57. The van der Waals surface area contributed by atoms with Crippen molar-refractivity contribution in [3.63, 3.8) is 0 Å². The van der Waals surface area contributed by atoms with Gasteiger partial charge in [-0.25, -0.2) is 0 Å². The molecule has 7 heteroatoms.